The predicted molar refractivity (Wildman–Crippen MR) is 108 cm³/mol. The summed E-state index contributed by atoms with van der Waals surface area (Å²) in [5.74, 6) is 0.0755. The van der Waals surface area contributed by atoms with E-state index in [4.69, 9.17) is 4.74 Å². The fraction of sp³-hybridized carbons (Fsp3) is 0.550. The van der Waals surface area contributed by atoms with Gasteiger partial charge in [0.15, 0.2) is 5.75 Å². The van der Waals surface area contributed by atoms with Gasteiger partial charge in [0.2, 0.25) is 5.91 Å². The van der Waals surface area contributed by atoms with Gasteiger partial charge in [0.25, 0.3) is 5.91 Å². The van der Waals surface area contributed by atoms with Crippen LogP contribution in [0.15, 0.2) is 18.2 Å². The van der Waals surface area contributed by atoms with Gasteiger partial charge in [-0.3, -0.25) is 9.59 Å². The molecule has 0 bridgehead atoms. The van der Waals surface area contributed by atoms with E-state index in [1.165, 1.54) is 6.92 Å². The molecule has 1 heterocycles. The number of anilines is 1. The molecule has 2 N–H and O–H groups in total. The summed E-state index contributed by atoms with van der Waals surface area (Å²) >= 11 is 0. The molecule has 1 aromatic carbocycles. The number of carbonyl (C=O) groups is 3. The lowest BCUT2D eigenvalue weighted by molar-refractivity contribution is -0.129. The number of hydrogen-bond donors (Lipinski definition) is 2. The van der Waals surface area contributed by atoms with E-state index in [1.807, 2.05) is 20.8 Å². The van der Waals surface area contributed by atoms with Crippen molar-refractivity contribution < 1.29 is 19.1 Å². The van der Waals surface area contributed by atoms with Crippen molar-refractivity contribution in [3.8, 4) is 5.75 Å². The number of fused-ring (bicyclic) bond motifs is 1. The van der Waals surface area contributed by atoms with E-state index in [-0.39, 0.29) is 35.9 Å². The molecule has 0 saturated carbocycles. The van der Waals surface area contributed by atoms with E-state index in [0.717, 1.165) is 0 Å². The Bertz CT molecular complexity index is 750. The molecule has 8 nitrogen and oxygen atoms in total. The van der Waals surface area contributed by atoms with Gasteiger partial charge in [-0.05, 0) is 26.0 Å². The summed E-state index contributed by atoms with van der Waals surface area (Å²) in [6.45, 7) is 8.08. The Labute approximate surface area is 166 Å². The SMILES string of the molecule is CC(=O)N(C)C[C@H]1Oc2c(NC(=O)NC(C)C)cccc2C(=O)N(C)C[C@H]1C. The first-order valence-electron chi connectivity index (χ1n) is 9.44. The molecule has 0 aliphatic carbocycles. The van der Waals surface area contributed by atoms with Crippen LogP contribution in [-0.4, -0.2) is 67.0 Å². The zero-order valence-corrected chi connectivity index (χ0v) is 17.4. The molecule has 1 aliphatic heterocycles. The molecule has 0 aromatic heterocycles. The van der Waals surface area contributed by atoms with Crippen LogP contribution in [0.1, 0.15) is 38.1 Å². The Balaban J connectivity index is 2.42. The molecular weight excluding hydrogens is 360 g/mol. The highest BCUT2D eigenvalue weighted by atomic mass is 16.5. The number of amides is 4. The number of urea groups is 1. The molecule has 1 aromatic rings. The third-order valence-electron chi connectivity index (χ3n) is 4.72. The van der Waals surface area contributed by atoms with E-state index in [9.17, 15) is 14.4 Å². The zero-order valence-electron chi connectivity index (χ0n) is 17.4. The Kier molecular flexibility index (Phi) is 6.88. The molecule has 2 rings (SSSR count). The highest BCUT2D eigenvalue weighted by Crippen LogP contribution is 2.34. The summed E-state index contributed by atoms with van der Waals surface area (Å²) in [7, 11) is 3.46. The van der Waals surface area contributed by atoms with Gasteiger partial charge >= 0.3 is 6.03 Å². The van der Waals surface area contributed by atoms with Crippen molar-refractivity contribution in [1.29, 1.82) is 0 Å². The molecule has 1 aliphatic rings. The summed E-state index contributed by atoms with van der Waals surface area (Å²) in [6.07, 6.45) is -0.334. The number of hydrogen-bond acceptors (Lipinski definition) is 4. The lowest BCUT2D eigenvalue weighted by Gasteiger charge is -2.35. The topological polar surface area (TPSA) is 91.0 Å². The van der Waals surface area contributed by atoms with Crippen LogP contribution in [0.25, 0.3) is 0 Å². The lowest BCUT2D eigenvalue weighted by Crippen LogP contribution is -2.46. The fourth-order valence-electron chi connectivity index (χ4n) is 3.07. The molecule has 0 fully saturated rings. The Hall–Kier alpha value is -2.77. The highest BCUT2D eigenvalue weighted by molar-refractivity contribution is 6.01. The molecule has 0 unspecified atom stereocenters. The second-order valence-corrected chi connectivity index (χ2v) is 7.65. The first-order chi connectivity index (χ1) is 13.1. The summed E-state index contributed by atoms with van der Waals surface area (Å²) in [6, 6.07) is 4.68. The van der Waals surface area contributed by atoms with Crippen molar-refractivity contribution in [3.05, 3.63) is 23.8 Å². The van der Waals surface area contributed by atoms with Crippen molar-refractivity contribution in [1.82, 2.24) is 15.1 Å². The molecule has 8 heteroatoms. The molecule has 0 radical (unpaired) electrons. The van der Waals surface area contributed by atoms with E-state index in [1.54, 1.807) is 42.1 Å². The molecule has 0 saturated heterocycles. The van der Waals surface area contributed by atoms with Crippen LogP contribution in [0.3, 0.4) is 0 Å². The van der Waals surface area contributed by atoms with Gasteiger partial charge in [-0.1, -0.05) is 13.0 Å². The van der Waals surface area contributed by atoms with Crippen LogP contribution in [0.4, 0.5) is 10.5 Å². The second kappa shape index (κ2) is 8.95. The third-order valence-corrected chi connectivity index (χ3v) is 4.72. The van der Waals surface area contributed by atoms with Gasteiger partial charge in [0.05, 0.1) is 17.8 Å². The maximum absolute atomic E-state index is 12.8. The third kappa shape index (κ3) is 5.15. The number of benzene rings is 1. The van der Waals surface area contributed by atoms with Crippen LogP contribution in [0.2, 0.25) is 0 Å². The minimum absolute atomic E-state index is 0.0125. The standard InChI is InChI=1S/C20H30N4O4/c1-12(2)21-20(27)22-16-9-7-8-15-18(16)28-17(11-23(5)14(4)25)13(3)10-24(6)19(15)26/h7-9,12-13,17H,10-11H2,1-6H3,(H2,21,22,27)/t13-,17-/m1/s1. The molecule has 154 valence electrons. The van der Waals surface area contributed by atoms with E-state index >= 15 is 0 Å². The van der Waals surface area contributed by atoms with Gasteiger partial charge in [-0.15, -0.1) is 0 Å². The molecule has 28 heavy (non-hydrogen) atoms. The zero-order chi connectivity index (χ0) is 21.0. The molecule has 0 spiro atoms. The van der Waals surface area contributed by atoms with E-state index < -0.39 is 0 Å². The number of nitrogens with zero attached hydrogens (tertiary/aromatic N) is 2. The van der Waals surface area contributed by atoms with E-state index in [0.29, 0.717) is 30.1 Å². The summed E-state index contributed by atoms with van der Waals surface area (Å²) in [5, 5.41) is 5.53. The number of para-hydroxylation sites is 1. The largest absolute Gasteiger partial charge is 0.485 e. The number of carbonyl (C=O) groups excluding carboxylic acids is 3. The molecular formula is C20H30N4O4. The Morgan fingerprint density at radius 3 is 2.64 bits per heavy atom. The first kappa shape index (κ1) is 21.5. The van der Waals surface area contributed by atoms with Gasteiger partial charge < -0.3 is 25.2 Å². The van der Waals surface area contributed by atoms with Crippen molar-refractivity contribution in [3.63, 3.8) is 0 Å². The first-order valence-corrected chi connectivity index (χ1v) is 9.44. The summed E-state index contributed by atoms with van der Waals surface area (Å²) in [4.78, 5) is 40.0. The second-order valence-electron chi connectivity index (χ2n) is 7.65. The van der Waals surface area contributed by atoms with Crippen molar-refractivity contribution in [2.75, 3.05) is 32.5 Å². The monoisotopic (exact) mass is 390 g/mol. The average Bonchev–Trinajstić information content (AvgIpc) is 2.59. The van der Waals surface area contributed by atoms with Crippen LogP contribution < -0.4 is 15.4 Å². The lowest BCUT2D eigenvalue weighted by atomic mass is 10.0. The highest BCUT2D eigenvalue weighted by Gasteiger charge is 2.31. The smallest absolute Gasteiger partial charge is 0.319 e. The molecule has 2 atom stereocenters. The van der Waals surface area contributed by atoms with Gasteiger partial charge in [-0.25, -0.2) is 4.79 Å². The number of nitrogens with one attached hydrogen (secondary N) is 2. The van der Waals surface area contributed by atoms with Crippen molar-refractivity contribution >= 4 is 23.5 Å². The minimum atomic E-state index is -0.375. The van der Waals surface area contributed by atoms with Gasteiger partial charge in [-0.2, -0.15) is 0 Å². The van der Waals surface area contributed by atoms with Crippen LogP contribution in [-0.2, 0) is 4.79 Å². The average molecular weight is 390 g/mol. The van der Waals surface area contributed by atoms with Crippen molar-refractivity contribution in [2.45, 2.75) is 39.8 Å². The van der Waals surface area contributed by atoms with Crippen LogP contribution >= 0.6 is 0 Å². The minimum Gasteiger partial charge on any atom is -0.485 e. The predicted octanol–water partition coefficient (Wildman–Crippen LogP) is 2.16. The maximum Gasteiger partial charge on any atom is 0.319 e. The Morgan fingerprint density at radius 2 is 2.04 bits per heavy atom. The van der Waals surface area contributed by atoms with Gasteiger partial charge in [0.1, 0.15) is 6.10 Å². The maximum atomic E-state index is 12.8. The van der Waals surface area contributed by atoms with Crippen LogP contribution in [0.5, 0.6) is 5.75 Å². The fourth-order valence-corrected chi connectivity index (χ4v) is 3.07. The Morgan fingerprint density at radius 1 is 1.36 bits per heavy atom. The van der Waals surface area contributed by atoms with Crippen molar-refractivity contribution in [2.24, 2.45) is 5.92 Å². The summed E-state index contributed by atoms with van der Waals surface area (Å²) < 4.78 is 6.24. The number of likely N-dealkylation sites (N-methyl/N-ethyl adjacent to an activating group) is 1. The molecule has 4 amide bonds. The van der Waals surface area contributed by atoms with E-state index in [2.05, 4.69) is 10.6 Å². The quantitative estimate of drug-likeness (QED) is 0.824. The van der Waals surface area contributed by atoms with Gasteiger partial charge in [0, 0.05) is 39.5 Å². The van der Waals surface area contributed by atoms with Crippen LogP contribution in [0, 0.1) is 5.92 Å². The number of rotatable bonds is 4. The normalized spacial score (nSPS) is 19.2. The summed E-state index contributed by atoms with van der Waals surface area (Å²) in [5.41, 5.74) is 0.800. The number of ether oxygens (including phenoxy) is 1.